The predicted molar refractivity (Wildman–Crippen MR) is 74.4 cm³/mol. The quantitative estimate of drug-likeness (QED) is 0.798. The average Bonchev–Trinajstić information content (AvgIpc) is 2.52. The Morgan fingerprint density at radius 2 is 1.68 bits per heavy atom. The van der Waals surface area contributed by atoms with Gasteiger partial charge in [0.05, 0.1) is 5.41 Å². The van der Waals surface area contributed by atoms with Gasteiger partial charge in [-0.1, -0.05) is 12.8 Å². The Morgan fingerprint density at radius 3 is 2.21 bits per heavy atom. The van der Waals surface area contributed by atoms with Crippen LogP contribution in [0.2, 0.25) is 0 Å². The summed E-state index contributed by atoms with van der Waals surface area (Å²) >= 11 is 0. The molecule has 4 rings (SSSR count). The molecule has 0 aromatic rings. The lowest BCUT2D eigenvalue weighted by Crippen LogP contribution is -2.46. The molecule has 0 saturated heterocycles. The lowest BCUT2D eigenvalue weighted by molar-refractivity contribution is -0.165. The first-order chi connectivity index (χ1) is 8.86. The van der Waals surface area contributed by atoms with Crippen LogP contribution < -0.4 is 5.73 Å². The lowest BCUT2D eigenvalue weighted by Gasteiger charge is -2.46. The summed E-state index contributed by atoms with van der Waals surface area (Å²) < 4.78 is 5.58. The maximum atomic E-state index is 12.6. The molecule has 19 heavy (non-hydrogen) atoms. The molecule has 4 fully saturated rings. The van der Waals surface area contributed by atoms with Gasteiger partial charge in [0.2, 0.25) is 0 Å². The maximum Gasteiger partial charge on any atom is 0.312 e. The van der Waals surface area contributed by atoms with Gasteiger partial charge < -0.3 is 10.5 Å². The van der Waals surface area contributed by atoms with E-state index in [0.29, 0.717) is 6.61 Å². The fourth-order valence-corrected chi connectivity index (χ4v) is 4.85. The molecule has 0 radical (unpaired) electrons. The van der Waals surface area contributed by atoms with Crippen molar-refractivity contribution in [3.8, 4) is 0 Å². The highest BCUT2D eigenvalue weighted by molar-refractivity contribution is 5.77. The molecule has 0 aromatic heterocycles. The fraction of sp³-hybridized carbons (Fsp3) is 0.938. The van der Waals surface area contributed by atoms with Crippen LogP contribution in [0.4, 0.5) is 0 Å². The first kappa shape index (κ1) is 13.4. The summed E-state index contributed by atoms with van der Waals surface area (Å²) in [5, 5.41) is 0. The molecule has 4 aliphatic carbocycles. The number of ether oxygens (including phenoxy) is 1. The minimum atomic E-state index is -0.423. The van der Waals surface area contributed by atoms with E-state index in [0.717, 1.165) is 37.0 Å². The first-order valence-electron chi connectivity index (χ1n) is 7.82. The zero-order chi connectivity index (χ0) is 13.7. The number of esters is 1. The highest BCUT2D eigenvalue weighted by Crippen LogP contribution is 2.58. The third-order valence-corrected chi connectivity index (χ3v) is 5.36. The van der Waals surface area contributed by atoms with Crippen molar-refractivity contribution in [3.05, 3.63) is 0 Å². The number of carbonyl (C=O) groups is 1. The number of fused-ring (bicyclic) bond motifs is 1. The fourth-order valence-electron chi connectivity index (χ4n) is 4.85. The lowest BCUT2D eigenvalue weighted by atomic mass is 9.58. The van der Waals surface area contributed by atoms with Crippen LogP contribution in [0.1, 0.15) is 58.8 Å². The number of hydrogen-bond acceptors (Lipinski definition) is 3. The molecular weight excluding hydrogens is 238 g/mol. The zero-order valence-corrected chi connectivity index (χ0v) is 12.3. The molecule has 0 amide bonds. The Bertz CT molecular complexity index is 355. The summed E-state index contributed by atoms with van der Waals surface area (Å²) in [7, 11) is 0. The SMILES string of the molecule is CC(C)(N)COC(=O)C12CC3CCC(CC(C3)C1)C2. The van der Waals surface area contributed by atoms with E-state index in [4.69, 9.17) is 10.5 Å². The van der Waals surface area contributed by atoms with Crippen LogP contribution in [0.5, 0.6) is 0 Å². The normalized spacial score (nSPS) is 41.1. The molecule has 4 bridgehead atoms. The molecule has 3 heteroatoms. The van der Waals surface area contributed by atoms with Gasteiger partial charge >= 0.3 is 5.97 Å². The molecule has 0 heterocycles. The molecule has 4 saturated carbocycles. The van der Waals surface area contributed by atoms with Crippen LogP contribution in [0, 0.1) is 23.2 Å². The van der Waals surface area contributed by atoms with E-state index in [-0.39, 0.29) is 11.4 Å². The standard InChI is InChI=1S/C16H27NO2/c1-15(2,17)10-19-14(18)16-7-11-3-4-12(8-16)6-13(5-11)9-16/h11-13H,3-10,17H2,1-2H3. The van der Waals surface area contributed by atoms with Gasteiger partial charge in [-0.2, -0.15) is 0 Å². The Hall–Kier alpha value is -0.570. The van der Waals surface area contributed by atoms with Gasteiger partial charge in [-0.05, 0) is 63.7 Å². The second-order valence-corrected chi connectivity index (χ2v) is 8.10. The van der Waals surface area contributed by atoms with Crippen LogP contribution in [0.15, 0.2) is 0 Å². The van der Waals surface area contributed by atoms with Crippen molar-refractivity contribution in [1.82, 2.24) is 0 Å². The number of nitrogens with two attached hydrogens (primary N) is 1. The molecule has 0 spiro atoms. The van der Waals surface area contributed by atoms with E-state index in [1.807, 2.05) is 13.8 Å². The summed E-state index contributed by atoms with van der Waals surface area (Å²) in [5.41, 5.74) is 5.35. The second-order valence-electron chi connectivity index (χ2n) is 8.10. The molecule has 4 aliphatic rings. The average molecular weight is 265 g/mol. The van der Waals surface area contributed by atoms with Crippen molar-refractivity contribution >= 4 is 5.97 Å². The smallest absolute Gasteiger partial charge is 0.312 e. The highest BCUT2D eigenvalue weighted by atomic mass is 16.5. The molecule has 0 aromatic carbocycles. The Balaban J connectivity index is 1.73. The minimum absolute atomic E-state index is 0.0484. The van der Waals surface area contributed by atoms with Crippen LogP contribution >= 0.6 is 0 Å². The van der Waals surface area contributed by atoms with E-state index in [1.54, 1.807) is 0 Å². The van der Waals surface area contributed by atoms with Gasteiger partial charge in [-0.3, -0.25) is 4.79 Å². The van der Waals surface area contributed by atoms with E-state index in [2.05, 4.69) is 0 Å². The van der Waals surface area contributed by atoms with Crippen LogP contribution in [-0.2, 0) is 9.53 Å². The topological polar surface area (TPSA) is 52.3 Å². The van der Waals surface area contributed by atoms with E-state index in [9.17, 15) is 4.79 Å². The van der Waals surface area contributed by atoms with Crippen LogP contribution in [0.25, 0.3) is 0 Å². The van der Waals surface area contributed by atoms with Crippen molar-refractivity contribution in [3.63, 3.8) is 0 Å². The maximum absolute atomic E-state index is 12.6. The number of rotatable bonds is 3. The molecule has 0 aliphatic heterocycles. The predicted octanol–water partition coefficient (Wildman–Crippen LogP) is 2.87. The van der Waals surface area contributed by atoms with Crippen LogP contribution in [-0.4, -0.2) is 18.1 Å². The molecule has 108 valence electrons. The first-order valence-corrected chi connectivity index (χ1v) is 7.82. The summed E-state index contributed by atoms with van der Waals surface area (Å²) in [6, 6.07) is 0. The van der Waals surface area contributed by atoms with E-state index < -0.39 is 5.54 Å². The Labute approximate surface area is 116 Å². The monoisotopic (exact) mass is 265 g/mol. The summed E-state index contributed by atoms with van der Waals surface area (Å²) in [6.45, 7) is 4.16. The largest absolute Gasteiger partial charge is 0.463 e. The van der Waals surface area contributed by atoms with Gasteiger partial charge in [0.1, 0.15) is 6.61 Å². The van der Waals surface area contributed by atoms with Crippen molar-refractivity contribution in [2.45, 2.75) is 64.3 Å². The molecular formula is C16H27NO2. The Morgan fingerprint density at radius 1 is 1.16 bits per heavy atom. The zero-order valence-electron chi connectivity index (χ0n) is 12.3. The third-order valence-electron chi connectivity index (χ3n) is 5.36. The van der Waals surface area contributed by atoms with Crippen molar-refractivity contribution in [2.75, 3.05) is 6.61 Å². The summed E-state index contributed by atoms with van der Waals surface area (Å²) in [5.74, 6) is 2.36. The molecule has 2 atom stereocenters. The van der Waals surface area contributed by atoms with Gasteiger partial charge in [0.15, 0.2) is 0 Å². The molecule has 2 unspecified atom stereocenters. The summed E-state index contributed by atoms with van der Waals surface area (Å²) in [6.07, 6.45) is 8.59. The van der Waals surface area contributed by atoms with Crippen molar-refractivity contribution in [2.24, 2.45) is 28.9 Å². The van der Waals surface area contributed by atoms with Gasteiger partial charge in [-0.15, -0.1) is 0 Å². The van der Waals surface area contributed by atoms with E-state index in [1.165, 1.54) is 25.7 Å². The van der Waals surface area contributed by atoms with E-state index >= 15 is 0 Å². The van der Waals surface area contributed by atoms with Crippen molar-refractivity contribution in [1.29, 1.82) is 0 Å². The van der Waals surface area contributed by atoms with Gasteiger partial charge in [0.25, 0.3) is 0 Å². The van der Waals surface area contributed by atoms with Crippen molar-refractivity contribution < 1.29 is 9.53 Å². The Kier molecular flexibility index (Phi) is 3.16. The second kappa shape index (κ2) is 4.47. The van der Waals surface area contributed by atoms with Crippen LogP contribution in [0.3, 0.4) is 0 Å². The summed E-state index contributed by atoms with van der Waals surface area (Å²) in [4.78, 5) is 12.6. The number of hydrogen-bond donors (Lipinski definition) is 1. The third kappa shape index (κ3) is 2.67. The number of carbonyl (C=O) groups excluding carboxylic acids is 1. The highest BCUT2D eigenvalue weighted by Gasteiger charge is 2.53. The van der Waals surface area contributed by atoms with Gasteiger partial charge in [-0.25, -0.2) is 0 Å². The molecule has 3 nitrogen and oxygen atoms in total. The van der Waals surface area contributed by atoms with Gasteiger partial charge in [0, 0.05) is 5.54 Å². The molecule has 2 N–H and O–H groups in total. The minimum Gasteiger partial charge on any atom is -0.463 e.